The molecule has 1 N–H and O–H groups in total. The van der Waals surface area contributed by atoms with Crippen LogP contribution in [0.2, 0.25) is 0 Å². The normalized spacial score (nSPS) is 18.7. The summed E-state index contributed by atoms with van der Waals surface area (Å²) in [6, 6.07) is 6.50. The first kappa shape index (κ1) is 17.2. The second kappa shape index (κ2) is 6.62. The minimum atomic E-state index is -0.635. The Kier molecular flexibility index (Phi) is 3.94. The number of aromatic nitrogens is 3. The third kappa shape index (κ3) is 2.96. The van der Waals surface area contributed by atoms with Crippen molar-refractivity contribution in [2.45, 2.75) is 25.4 Å². The SMILES string of the molecule is O=C1CCC(N2Cc3cc(-c4cc(-c5cnccn5)no4)ccc3C2=O)C(=O)N1. The maximum atomic E-state index is 12.8. The molecule has 1 unspecified atom stereocenters. The largest absolute Gasteiger partial charge is 0.356 e. The highest BCUT2D eigenvalue weighted by Crippen LogP contribution is 2.32. The number of benzene rings is 1. The van der Waals surface area contributed by atoms with E-state index in [-0.39, 0.29) is 18.2 Å². The van der Waals surface area contributed by atoms with Gasteiger partial charge in [-0.05, 0) is 24.1 Å². The lowest BCUT2D eigenvalue weighted by atomic mass is 10.0. The van der Waals surface area contributed by atoms with E-state index in [2.05, 4.69) is 20.4 Å². The third-order valence-electron chi connectivity index (χ3n) is 5.14. The van der Waals surface area contributed by atoms with Crippen molar-refractivity contribution in [2.24, 2.45) is 0 Å². The summed E-state index contributed by atoms with van der Waals surface area (Å²) < 4.78 is 5.45. The van der Waals surface area contributed by atoms with E-state index in [4.69, 9.17) is 4.52 Å². The van der Waals surface area contributed by atoms with Crippen molar-refractivity contribution in [1.29, 1.82) is 0 Å². The molecule has 3 aromatic rings. The highest BCUT2D eigenvalue weighted by atomic mass is 16.5. The van der Waals surface area contributed by atoms with Crippen molar-refractivity contribution in [3.05, 3.63) is 54.0 Å². The number of hydrogen-bond acceptors (Lipinski definition) is 7. The molecule has 0 saturated carbocycles. The Morgan fingerprint density at radius 1 is 1.10 bits per heavy atom. The zero-order chi connectivity index (χ0) is 20.0. The minimum absolute atomic E-state index is 0.209. The van der Waals surface area contributed by atoms with Crippen LogP contribution in [0.4, 0.5) is 0 Å². The monoisotopic (exact) mass is 389 g/mol. The summed E-state index contributed by atoms with van der Waals surface area (Å²) in [5, 5.41) is 6.34. The van der Waals surface area contributed by atoms with Crippen LogP contribution in [-0.4, -0.2) is 43.8 Å². The van der Waals surface area contributed by atoms with Crippen molar-refractivity contribution in [3.8, 4) is 22.7 Å². The van der Waals surface area contributed by atoms with Crippen molar-refractivity contribution in [3.63, 3.8) is 0 Å². The predicted octanol–water partition coefficient (Wildman–Crippen LogP) is 1.56. The van der Waals surface area contributed by atoms with Crippen LogP contribution in [0, 0.1) is 0 Å². The quantitative estimate of drug-likeness (QED) is 0.675. The van der Waals surface area contributed by atoms with Crippen LogP contribution in [0.15, 0.2) is 47.4 Å². The maximum absolute atomic E-state index is 12.8. The van der Waals surface area contributed by atoms with E-state index in [0.29, 0.717) is 35.7 Å². The fourth-order valence-electron chi connectivity index (χ4n) is 3.69. The second-order valence-corrected chi connectivity index (χ2v) is 6.94. The number of hydrogen-bond donors (Lipinski definition) is 1. The van der Waals surface area contributed by atoms with Crippen LogP contribution in [0.3, 0.4) is 0 Å². The summed E-state index contributed by atoms with van der Waals surface area (Å²) in [5.74, 6) is -0.396. The molecule has 144 valence electrons. The van der Waals surface area contributed by atoms with Gasteiger partial charge in [-0.2, -0.15) is 0 Å². The van der Waals surface area contributed by atoms with Gasteiger partial charge in [0.05, 0.1) is 6.20 Å². The standard InChI is InChI=1S/C20H15N5O4/c26-18-4-3-16(19(27)23-18)25-10-12-7-11(1-2-13(12)20(25)28)17-8-14(24-29-17)15-9-21-5-6-22-15/h1-2,5-9,16H,3-4,10H2,(H,23,26,27). The van der Waals surface area contributed by atoms with Crippen molar-refractivity contribution >= 4 is 17.7 Å². The predicted molar refractivity (Wildman–Crippen MR) is 99.0 cm³/mol. The van der Waals surface area contributed by atoms with Gasteiger partial charge in [-0.1, -0.05) is 11.2 Å². The molecule has 2 aliphatic rings. The lowest BCUT2D eigenvalue weighted by molar-refractivity contribution is -0.136. The van der Waals surface area contributed by atoms with Crippen LogP contribution in [-0.2, 0) is 16.1 Å². The molecule has 2 aromatic heterocycles. The number of carbonyl (C=O) groups excluding carboxylic acids is 3. The topological polar surface area (TPSA) is 118 Å². The summed E-state index contributed by atoms with van der Waals surface area (Å²) in [5.41, 5.74) is 3.28. The van der Waals surface area contributed by atoms with Gasteiger partial charge in [-0.25, -0.2) is 0 Å². The van der Waals surface area contributed by atoms with Crippen molar-refractivity contribution in [1.82, 2.24) is 25.3 Å². The Morgan fingerprint density at radius 2 is 2.00 bits per heavy atom. The molecule has 1 fully saturated rings. The molecular weight excluding hydrogens is 374 g/mol. The first-order valence-corrected chi connectivity index (χ1v) is 9.11. The number of piperidine rings is 1. The average Bonchev–Trinajstić information content (AvgIpc) is 3.34. The lowest BCUT2D eigenvalue weighted by Crippen LogP contribution is -2.52. The number of carbonyl (C=O) groups is 3. The van der Waals surface area contributed by atoms with Crippen LogP contribution >= 0.6 is 0 Å². The van der Waals surface area contributed by atoms with Crippen LogP contribution in [0.5, 0.6) is 0 Å². The molecule has 29 heavy (non-hydrogen) atoms. The van der Waals surface area contributed by atoms with Gasteiger partial charge in [-0.3, -0.25) is 29.7 Å². The van der Waals surface area contributed by atoms with Crippen LogP contribution in [0.1, 0.15) is 28.8 Å². The summed E-state index contributed by atoms with van der Waals surface area (Å²) in [6.45, 7) is 0.305. The number of rotatable bonds is 3. The Morgan fingerprint density at radius 3 is 2.79 bits per heavy atom. The zero-order valence-corrected chi connectivity index (χ0v) is 15.2. The molecule has 3 amide bonds. The Labute approximate surface area is 164 Å². The summed E-state index contributed by atoms with van der Waals surface area (Å²) in [4.78, 5) is 46.0. The Bertz CT molecular complexity index is 1140. The Balaban J connectivity index is 1.41. The van der Waals surface area contributed by atoms with Crippen molar-refractivity contribution in [2.75, 3.05) is 0 Å². The van der Waals surface area contributed by atoms with Gasteiger partial charge in [0, 0.05) is 42.6 Å². The van der Waals surface area contributed by atoms with Gasteiger partial charge < -0.3 is 9.42 Å². The second-order valence-electron chi connectivity index (χ2n) is 6.94. The highest BCUT2D eigenvalue weighted by molar-refractivity contribution is 6.05. The summed E-state index contributed by atoms with van der Waals surface area (Å²) in [7, 11) is 0. The van der Waals surface area contributed by atoms with Crippen LogP contribution < -0.4 is 5.32 Å². The van der Waals surface area contributed by atoms with E-state index < -0.39 is 11.9 Å². The van der Waals surface area contributed by atoms with E-state index in [9.17, 15) is 14.4 Å². The molecule has 5 rings (SSSR count). The van der Waals surface area contributed by atoms with Gasteiger partial charge in [0.25, 0.3) is 5.91 Å². The third-order valence-corrected chi connectivity index (χ3v) is 5.14. The average molecular weight is 389 g/mol. The van der Waals surface area contributed by atoms with E-state index in [1.165, 1.54) is 4.90 Å². The summed E-state index contributed by atoms with van der Waals surface area (Å²) in [6.07, 6.45) is 5.32. The van der Waals surface area contributed by atoms with Gasteiger partial charge in [0.15, 0.2) is 5.76 Å². The van der Waals surface area contributed by atoms with E-state index >= 15 is 0 Å². The molecule has 0 radical (unpaired) electrons. The van der Waals surface area contributed by atoms with Gasteiger partial charge in [-0.15, -0.1) is 0 Å². The number of amides is 3. The fraction of sp³-hybridized carbons (Fsp3) is 0.200. The van der Waals surface area contributed by atoms with Crippen molar-refractivity contribution < 1.29 is 18.9 Å². The maximum Gasteiger partial charge on any atom is 0.255 e. The van der Waals surface area contributed by atoms with E-state index in [1.54, 1.807) is 36.8 Å². The number of nitrogens with zero attached hydrogens (tertiary/aromatic N) is 4. The number of imide groups is 1. The Hall–Kier alpha value is -3.88. The van der Waals surface area contributed by atoms with Crippen LogP contribution in [0.25, 0.3) is 22.7 Å². The first-order chi connectivity index (χ1) is 14.1. The molecule has 2 aliphatic heterocycles. The highest BCUT2D eigenvalue weighted by Gasteiger charge is 2.39. The smallest absolute Gasteiger partial charge is 0.255 e. The molecule has 0 spiro atoms. The van der Waals surface area contributed by atoms with Gasteiger partial charge >= 0.3 is 0 Å². The molecule has 0 bridgehead atoms. The molecule has 0 aliphatic carbocycles. The minimum Gasteiger partial charge on any atom is -0.356 e. The van der Waals surface area contributed by atoms with Gasteiger partial charge in [0.1, 0.15) is 17.4 Å². The number of nitrogens with one attached hydrogen (secondary N) is 1. The van der Waals surface area contributed by atoms with E-state index in [0.717, 1.165) is 11.1 Å². The zero-order valence-electron chi connectivity index (χ0n) is 15.2. The molecule has 9 nitrogen and oxygen atoms in total. The number of fused-ring (bicyclic) bond motifs is 1. The first-order valence-electron chi connectivity index (χ1n) is 9.11. The molecule has 1 atom stereocenters. The lowest BCUT2D eigenvalue weighted by Gasteiger charge is -2.29. The molecule has 9 heteroatoms. The molecule has 1 aromatic carbocycles. The molecule has 1 saturated heterocycles. The molecule has 4 heterocycles. The summed E-state index contributed by atoms with van der Waals surface area (Å²) >= 11 is 0. The van der Waals surface area contributed by atoms with Gasteiger partial charge in [0.2, 0.25) is 11.8 Å². The molecular formula is C20H15N5O4. The van der Waals surface area contributed by atoms with E-state index in [1.807, 2.05) is 6.07 Å². The fourth-order valence-corrected chi connectivity index (χ4v) is 3.69.